The van der Waals surface area contributed by atoms with Gasteiger partial charge in [-0.2, -0.15) is 0 Å². The normalized spacial score (nSPS) is 18.8. The van der Waals surface area contributed by atoms with E-state index < -0.39 is 0 Å². The van der Waals surface area contributed by atoms with Crippen LogP contribution in [0.3, 0.4) is 0 Å². The monoisotopic (exact) mass is 234 g/mol. The fourth-order valence-electron chi connectivity index (χ4n) is 3.20. The van der Waals surface area contributed by atoms with Crippen LogP contribution in [-0.4, -0.2) is 10.6 Å². The maximum atomic E-state index is 6.08. The van der Waals surface area contributed by atoms with E-state index in [0.29, 0.717) is 6.04 Å². The molecular weight excluding hydrogens is 208 g/mol. The van der Waals surface area contributed by atoms with Gasteiger partial charge in [0.2, 0.25) is 0 Å². The predicted molar refractivity (Wildman–Crippen MR) is 73.4 cm³/mol. The van der Waals surface area contributed by atoms with Crippen molar-refractivity contribution in [1.82, 2.24) is 4.57 Å². The Morgan fingerprint density at radius 1 is 1.35 bits per heavy atom. The van der Waals surface area contributed by atoms with E-state index >= 15 is 0 Å². The van der Waals surface area contributed by atoms with E-state index in [4.69, 9.17) is 5.73 Å². The molecule has 0 amide bonds. The molecule has 1 unspecified atom stereocenters. The van der Waals surface area contributed by atoms with Gasteiger partial charge in [0.15, 0.2) is 0 Å². The number of nitrogens with two attached hydrogens (primary N) is 1. The zero-order chi connectivity index (χ0) is 12.4. The molecule has 1 saturated carbocycles. The predicted octanol–water partition coefficient (Wildman–Crippen LogP) is 3.50. The van der Waals surface area contributed by atoms with Crippen molar-refractivity contribution >= 4 is 0 Å². The summed E-state index contributed by atoms with van der Waals surface area (Å²) in [4.78, 5) is 0. The summed E-state index contributed by atoms with van der Waals surface area (Å²) in [7, 11) is 0. The first-order chi connectivity index (χ1) is 8.13. The Morgan fingerprint density at radius 3 is 2.59 bits per heavy atom. The molecule has 0 aromatic carbocycles. The molecular formula is C15H26N2. The van der Waals surface area contributed by atoms with Crippen LogP contribution >= 0.6 is 0 Å². The van der Waals surface area contributed by atoms with Gasteiger partial charge >= 0.3 is 0 Å². The van der Waals surface area contributed by atoms with Crippen molar-refractivity contribution in [3.8, 4) is 0 Å². The highest BCUT2D eigenvalue weighted by Crippen LogP contribution is 2.33. The third-order valence-electron chi connectivity index (χ3n) is 4.29. The van der Waals surface area contributed by atoms with E-state index in [9.17, 15) is 0 Å². The van der Waals surface area contributed by atoms with Crippen molar-refractivity contribution in [1.29, 1.82) is 0 Å². The van der Waals surface area contributed by atoms with Crippen LogP contribution in [0.5, 0.6) is 0 Å². The van der Waals surface area contributed by atoms with Crippen molar-refractivity contribution in [3.63, 3.8) is 0 Å². The van der Waals surface area contributed by atoms with Gasteiger partial charge in [0.25, 0.3) is 0 Å². The Balaban J connectivity index is 2.22. The summed E-state index contributed by atoms with van der Waals surface area (Å²) in [5.74, 6) is 0. The van der Waals surface area contributed by atoms with E-state index in [0.717, 1.165) is 18.9 Å². The summed E-state index contributed by atoms with van der Waals surface area (Å²) in [6.45, 7) is 6.68. The molecule has 1 aliphatic rings. The Morgan fingerprint density at radius 2 is 2.00 bits per heavy atom. The maximum absolute atomic E-state index is 6.08. The molecule has 17 heavy (non-hydrogen) atoms. The molecule has 0 saturated heterocycles. The van der Waals surface area contributed by atoms with Gasteiger partial charge in [-0.05, 0) is 51.2 Å². The second-order valence-electron chi connectivity index (χ2n) is 5.58. The summed E-state index contributed by atoms with van der Waals surface area (Å²) in [6.07, 6.45) is 7.60. The van der Waals surface area contributed by atoms with Gasteiger partial charge in [-0.3, -0.25) is 0 Å². The minimum Gasteiger partial charge on any atom is -0.346 e. The lowest BCUT2D eigenvalue weighted by atomic mass is 10.1. The minimum absolute atomic E-state index is 0.313. The number of rotatable bonds is 4. The van der Waals surface area contributed by atoms with Crippen LogP contribution in [0.4, 0.5) is 0 Å². The molecule has 1 aliphatic carbocycles. The average Bonchev–Trinajstić information content (AvgIpc) is 2.88. The molecule has 2 rings (SSSR count). The standard InChI is InChI=1S/C15H26N2/c1-4-14(16)10-13-9-11(2)17(12(13)3)15-7-5-6-8-15/h9,14-15H,4-8,10,16H2,1-3H3. The van der Waals surface area contributed by atoms with Crippen molar-refractivity contribution in [2.24, 2.45) is 5.73 Å². The zero-order valence-electron chi connectivity index (χ0n) is 11.5. The first kappa shape index (κ1) is 12.7. The fourth-order valence-corrected chi connectivity index (χ4v) is 3.20. The third-order valence-corrected chi connectivity index (χ3v) is 4.29. The number of hydrogen-bond donors (Lipinski definition) is 1. The molecule has 0 aliphatic heterocycles. The summed E-state index contributed by atoms with van der Waals surface area (Å²) >= 11 is 0. The van der Waals surface area contributed by atoms with Crippen LogP contribution in [0.2, 0.25) is 0 Å². The topological polar surface area (TPSA) is 30.9 Å². The SMILES string of the molecule is CCC(N)Cc1cc(C)n(C2CCCC2)c1C. The Hall–Kier alpha value is -0.760. The number of nitrogens with zero attached hydrogens (tertiary/aromatic N) is 1. The first-order valence-electron chi connectivity index (χ1n) is 7.06. The molecule has 1 aromatic rings. The van der Waals surface area contributed by atoms with Crippen molar-refractivity contribution in [2.75, 3.05) is 0 Å². The van der Waals surface area contributed by atoms with E-state index in [1.807, 2.05) is 0 Å². The Kier molecular flexibility index (Phi) is 3.93. The third kappa shape index (κ3) is 2.57. The molecule has 2 N–H and O–H groups in total. The molecule has 1 atom stereocenters. The summed E-state index contributed by atoms with van der Waals surface area (Å²) < 4.78 is 2.56. The van der Waals surface area contributed by atoms with Crippen LogP contribution in [0.15, 0.2) is 6.07 Å². The average molecular weight is 234 g/mol. The first-order valence-corrected chi connectivity index (χ1v) is 7.06. The minimum atomic E-state index is 0.313. The Bertz CT molecular complexity index is 373. The highest BCUT2D eigenvalue weighted by Gasteiger charge is 2.21. The molecule has 1 heterocycles. The molecule has 1 aromatic heterocycles. The summed E-state index contributed by atoms with van der Waals surface area (Å²) in [5, 5.41) is 0. The van der Waals surface area contributed by atoms with Crippen molar-refractivity contribution < 1.29 is 0 Å². The van der Waals surface area contributed by atoms with Crippen LogP contribution in [0.25, 0.3) is 0 Å². The van der Waals surface area contributed by atoms with Gasteiger partial charge in [-0.1, -0.05) is 19.8 Å². The lowest BCUT2D eigenvalue weighted by Crippen LogP contribution is -2.21. The van der Waals surface area contributed by atoms with Gasteiger partial charge in [-0.15, -0.1) is 0 Å². The fraction of sp³-hybridized carbons (Fsp3) is 0.733. The molecule has 2 heteroatoms. The lowest BCUT2D eigenvalue weighted by molar-refractivity contribution is 0.498. The van der Waals surface area contributed by atoms with Crippen LogP contribution < -0.4 is 5.73 Å². The molecule has 0 bridgehead atoms. The molecule has 96 valence electrons. The van der Waals surface area contributed by atoms with Gasteiger partial charge in [0.05, 0.1) is 0 Å². The second-order valence-corrected chi connectivity index (χ2v) is 5.58. The molecule has 0 radical (unpaired) electrons. The zero-order valence-corrected chi connectivity index (χ0v) is 11.5. The van der Waals surface area contributed by atoms with Gasteiger partial charge < -0.3 is 10.3 Å². The molecule has 1 fully saturated rings. The van der Waals surface area contributed by atoms with E-state index in [-0.39, 0.29) is 0 Å². The largest absolute Gasteiger partial charge is 0.346 e. The van der Waals surface area contributed by atoms with Crippen molar-refractivity contribution in [2.45, 2.75) is 71.4 Å². The second kappa shape index (κ2) is 5.26. The van der Waals surface area contributed by atoms with Gasteiger partial charge in [0.1, 0.15) is 0 Å². The van der Waals surface area contributed by atoms with Crippen LogP contribution in [0, 0.1) is 13.8 Å². The number of aromatic nitrogens is 1. The van der Waals surface area contributed by atoms with E-state index in [1.54, 1.807) is 0 Å². The smallest absolute Gasteiger partial charge is 0.0335 e. The van der Waals surface area contributed by atoms with E-state index in [2.05, 4.69) is 31.4 Å². The van der Waals surface area contributed by atoms with E-state index in [1.165, 1.54) is 42.6 Å². The Labute approximate surface area is 105 Å². The number of aryl methyl sites for hydroxylation is 1. The highest BCUT2D eigenvalue weighted by atomic mass is 15.0. The summed E-state index contributed by atoms with van der Waals surface area (Å²) in [6, 6.07) is 3.41. The van der Waals surface area contributed by atoms with Crippen LogP contribution in [0.1, 0.15) is 62.0 Å². The van der Waals surface area contributed by atoms with Gasteiger partial charge in [-0.25, -0.2) is 0 Å². The molecule has 2 nitrogen and oxygen atoms in total. The highest BCUT2D eigenvalue weighted by molar-refractivity contribution is 5.28. The summed E-state index contributed by atoms with van der Waals surface area (Å²) in [5.41, 5.74) is 10.4. The molecule has 0 spiro atoms. The quantitative estimate of drug-likeness (QED) is 0.849. The lowest BCUT2D eigenvalue weighted by Gasteiger charge is -2.18. The van der Waals surface area contributed by atoms with Crippen LogP contribution in [-0.2, 0) is 6.42 Å². The van der Waals surface area contributed by atoms with Gasteiger partial charge in [0, 0.05) is 23.5 Å². The maximum Gasteiger partial charge on any atom is 0.0335 e. The van der Waals surface area contributed by atoms with Crippen molar-refractivity contribution in [3.05, 3.63) is 23.0 Å². The number of hydrogen-bond acceptors (Lipinski definition) is 1.